The monoisotopic (exact) mass is 431 g/mol. The Morgan fingerprint density at radius 2 is 1.90 bits per heavy atom. The summed E-state index contributed by atoms with van der Waals surface area (Å²) >= 11 is 1.40. The summed E-state index contributed by atoms with van der Waals surface area (Å²) in [5.41, 5.74) is 2.65. The number of halogens is 3. The van der Waals surface area contributed by atoms with E-state index in [2.05, 4.69) is 16.5 Å². The summed E-state index contributed by atoms with van der Waals surface area (Å²) in [6.07, 6.45) is 0.408. The summed E-state index contributed by atoms with van der Waals surface area (Å²) < 4.78 is 40.2. The fraction of sp³-hybridized carbons (Fsp3) is 0.273. The van der Waals surface area contributed by atoms with Gasteiger partial charge in [0.2, 0.25) is 0 Å². The van der Waals surface area contributed by atoms with E-state index in [0.717, 1.165) is 35.5 Å². The van der Waals surface area contributed by atoms with Gasteiger partial charge in [-0.15, -0.1) is 11.3 Å². The highest BCUT2D eigenvalue weighted by atomic mass is 32.1. The summed E-state index contributed by atoms with van der Waals surface area (Å²) in [5.74, 6) is -0.00368. The third-order valence-corrected chi connectivity index (χ3v) is 6.17. The molecule has 1 amide bonds. The number of nitrogens with one attached hydrogen (secondary N) is 1. The first kappa shape index (κ1) is 20.4. The molecule has 0 unspecified atom stereocenters. The van der Waals surface area contributed by atoms with E-state index in [1.807, 2.05) is 31.4 Å². The highest BCUT2D eigenvalue weighted by molar-refractivity contribution is 7.12. The minimum atomic E-state index is -4.37. The van der Waals surface area contributed by atoms with Gasteiger partial charge in [0.1, 0.15) is 0 Å². The minimum Gasteiger partial charge on any atom is -0.345 e. The SMILES string of the molecule is Cc1nn(-c2ccc(C(F)(F)F)cc2)c(C)c1[C@@H]1C=C[C@@H](NC(=O)c2cccs2)C1. The molecular formula is C22H20F3N3OS. The largest absolute Gasteiger partial charge is 0.416 e. The van der Waals surface area contributed by atoms with Crippen LogP contribution in [0.4, 0.5) is 13.2 Å². The van der Waals surface area contributed by atoms with Crippen molar-refractivity contribution in [1.29, 1.82) is 0 Å². The topological polar surface area (TPSA) is 46.9 Å². The molecule has 2 aromatic heterocycles. The second-order valence-electron chi connectivity index (χ2n) is 7.33. The fourth-order valence-corrected chi connectivity index (χ4v) is 4.53. The third kappa shape index (κ3) is 3.92. The molecular weight excluding hydrogens is 411 g/mol. The zero-order valence-corrected chi connectivity index (χ0v) is 17.2. The molecule has 0 saturated carbocycles. The lowest BCUT2D eigenvalue weighted by Crippen LogP contribution is -2.32. The molecule has 156 valence electrons. The molecule has 0 aliphatic heterocycles. The molecule has 4 rings (SSSR count). The van der Waals surface area contributed by atoms with Crippen LogP contribution < -0.4 is 5.32 Å². The Morgan fingerprint density at radius 3 is 2.53 bits per heavy atom. The number of carbonyl (C=O) groups is 1. The Bertz CT molecular complexity index is 1080. The van der Waals surface area contributed by atoms with E-state index in [1.165, 1.54) is 23.5 Å². The summed E-state index contributed by atoms with van der Waals surface area (Å²) in [4.78, 5) is 13.0. The average molecular weight is 431 g/mol. The summed E-state index contributed by atoms with van der Waals surface area (Å²) in [6.45, 7) is 3.81. The maximum absolute atomic E-state index is 12.8. The first-order valence-corrected chi connectivity index (χ1v) is 10.4. The molecule has 8 heteroatoms. The summed E-state index contributed by atoms with van der Waals surface area (Å²) in [6, 6.07) is 8.56. The summed E-state index contributed by atoms with van der Waals surface area (Å²) in [7, 11) is 0. The number of allylic oxidation sites excluding steroid dienone is 1. The van der Waals surface area contributed by atoms with E-state index in [4.69, 9.17) is 0 Å². The molecule has 0 spiro atoms. The first-order chi connectivity index (χ1) is 14.2. The second-order valence-corrected chi connectivity index (χ2v) is 8.27. The normalized spacial score (nSPS) is 18.7. The van der Waals surface area contributed by atoms with E-state index < -0.39 is 11.7 Å². The van der Waals surface area contributed by atoms with Crippen LogP contribution in [0.3, 0.4) is 0 Å². The number of aromatic nitrogens is 2. The van der Waals surface area contributed by atoms with Crippen LogP contribution in [0.2, 0.25) is 0 Å². The Labute approximate surface area is 176 Å². The smallest absolute Gasteiger partial charge is 0.345 e. The van der Waals surface area contributed by atoms with Crippen molar-refractivity contribution in [2.24, 2.45) is 0 Å². The van der Waals surface area contributed by atoms with Gasteiger partial charge in [-0.1, -0.05) is 18.2 Å². The number of carbonyl (C=O) groups excluding carboxylic acids is 1. The lowest BCUT2D eigenvalue weighted by Gasteiger charge is -2.14. The van der Waals surface area contributed by atoms with Crippen molar-refractivity contribution >= 4 is 17.2 Å². The van der Waals surface area contributed by atoms with Crippen LogP contribution in [0.15, 0.2) is 53.9 Å². The predicted octanol–water partition coefficient (Wildman–Crippen LogP) is 5.41. The number of thiophene rings is 1. The number of hydrogen-bond donors (Lipinski definition) is 1. The van der Waals surface area contributed by atoms with Crippen LogP contribution in [0.5, 0.6) is 0 Å². The van der Waals surface area contributed by atoms with Crippen molar-refractivity contribution in [3.05, 3.63) is 81.3 Å². The molecule has 1 aromatic carbocycles. The van der Waals surface area contributed by atoms with E-state index in [9.17, 15) is 18.0 Å². The maximum atomic E-state index is 12.8. The molecule has 3 aromatic rings. The van der Waals surface area contributed by atoms with Crippen molar-refractivity contribution in [2.75, 3.05) is 0 Å². The van der Waals surface area contributed by atoms with Gasteiger partial charge in [-0.05, 0) is 56.0 Å². The zero-order chi connectivity index (χ0) is 21.5. The van der Waals surface area contributed by atoms with E-state index in [-0.39, 0.29) is 17.9 Å². The van der Waals surface area contributed by atoms with Gasteiger partial charge in [-0.3, -0.25) is 4.79 Å². The predicted molar refractivity (Wildman–Crippen MR) is 110 cm³/mol. The third-order valence-electron chi connectivity index (χ3n) is 5.30. The van der Waals surface area contributed by atoms with Crippen molar-refractivity contribution in [3.63, 3.8) is 0 Å². The second kappa shape index (κ2) is 7.75. The zero-order valence-electron chi connectivity index (χ0n) is 16.4. The number of amides is 1. The van der Waals surface area contributed by atoms with Crippen LogP contribution in [0.25, 0.3) is 5.69 Å². The van der Waals surface area contributed by atoms with E-state index in [0.29, 0.717) is 10.6 Å². The molecule has 2 heterocycles. The molecule has 0 bridgehead atoms. The van der Waals surface area contributed by atoms with E-state index in [1.54, 1.807) is 10.7 Å². The Balaban J connectivity index is 1.52. The molecule has 1 aliphatic carbocycles. The molecule has 30 heavy (non-hydrogen) atoms. The molecule has 0 fully saturated rings. The average Bonchev–Trinajstić information content (AvgIpc) is 3.42. The van der Waals surface area contributed by atoms with Gasteiger partial charge in [-0.25, -0.2) is 4.68 Å². The number of rotatable bonds is 4. The van der Waals surface area contributed by atoms with Gasteiger partial charge in [0.05, 0.1) is 21.8 Å². The number of hydrogen-bond acceptors (Lipinski definition) is 3. The molecule has 2 atom stereocenters. The summed E-state index contributed by atoms with van der Waals surface area (Å²) in [5, 5.41) is 9.45. The van der Waals surface area contributed by atoms with Crippen LogP contribution in [-0.2, 0) is 6.18 Å². The van der Waals surface area contributed by atoms with Crippen LogP contribution in [0.1, 0.15) is 44.5 Å². The number of alkyl halides is 3. The molecule has 1 N–H and O–H groups in total. The van der Waals surface area contributed by atoms with Gasteiger partial charge in [0.25, 0.3) is 5.91 Å². The highest BCUT2D eigenvalue weighted by Crippen LogP contribution is 2.35. The highest BCUT2D eigenvalue weighted by Gasteiger charge is 2.31. The van der Waals surface area contributed by atoms with Gasteiger partial charge in [0.15, 0.2) is 0 Å². The molecule has 0 saturated heterocycles. The number of nitrogens with zero attached hydrogens (tertiary/aromatic N) is 2. The lowest BCUT2D eigenvalue weighted by molar-refractivity contribution is -0.137. The van der Waals surface area contributed by atoms with E-state index >= 15 is 0 Å². The van der Waals surface area contributed by atoms with Gasteiger partial charge >= 0.3 is 6.18 Å². The Morgan fingerprint density at radius 1 is 1.17 bits per heavy atom. The quantitative estimate of drug-likeness (QED) is 0.562. The maximum Gasteiger partial charge on any atom is 0.416 e. The van der Waals surface area contributed by atoms with Crippen molar-refractivity contribution in [2.45, 2.75) is 38.4 Å². The van der Waals surface area contributed by atoms with Crippen LogP contribution in [-0.4, -0.2) is 21.7 Å². The van der Waals surface area contributed by atoms with Crippen LogP contribution >= 0.6 is 11.3 Å². The van der Waals surface area contributed by atoms with Crippen molar-refractivity contribution in [3.8, 4) is 5.69 Å². The van der Waals surface area contributed by atoms with Gasteiger partial charge in [0, 0.05) is 23.2 Å². The van der Waals surface area contributed by atoms with Crippen molar-refractivity contribution < 1.29 is 18.0 Å². The molecule has 1 aliphatic rings. The van der Waals surface area contributed by atoms with Crippen molar-refractivity contribution in [1.82, 2.24) is 15.1 Å². The number of aryl methyl sites for hydroxylation is 1. The minimum absolute atomic E-state index is 0.0715. The van der Waals surface area contributed by atoms with Crippen LogP contribution in [0, 0.1) is 13.8 Å². The first-order valence-electron chi connectivity index (χ1n) is 9.50. The fourth-order valence-electron chi connectivity index (χ4n) is 3.90. The standard InChI is InChI=1S/C22H20F3N3OS/c1-13-20(15-5-8-17(12-15)26-21(29)19-4-3-11-30-19)14(2)28(27-13)18-9-6-16(7-10-18)22(23,24)25/h3-11,15,17H,12H2,1-2H3,(H,26,29)/t15-,17-/m1/s1. The lowest BCUT2D eigenvalue weighted by atomic mass is 9.96. The number of benzene rings is 1. The molecule has 0 radical (unpaired) electrons. The Hall–Kier alpha value is -2.87. The Kier molecular flexibility index (Phi) is 5.27. The molecule has 4 nitrogen and oxygen atoms in total. The van der Waals surface area contributed by atoms with Gasteiger partial charge < -0.3 is 5.32 Å². The van der Waals surface area contributed by atoms with Gasteiger partial charge in [-0.2, -0.15) is 18.3 Å².